The minimum atomic E-state index is -0.434. The molecule has 1 fully saturated rings. The third-order valence-corrected chi connectivity index (χ3v) is 4.22. The van der Waals surface area contributed by atoms with Crippen molar-refractivity contribution in [3.8, 4) is 0 Å². The molecule has 1 saturated carbocycles. The molecule has 2 atom stereocenters. The van der Waals surface area contributed by atoms with Gasteiger partial charge in [0.05, 0.1) is 4.47 Å². The van der Waals surface area contributed by atoms with Gasteiger partial charge in [-0.3, -0.25) is 0 Å². The lowest BCUT2D eigenvalue weighted by Gasteiger charge is -2.15. The van der Waals surface area contributed by atoms with Crippen molar-refractivity contribution >= 4 is 15.9 Å². The number of hydrogen-bond donors (Lipinski definition) is 1. The standard InChI is InChI=1S/C14H18BrF2N/c1-2-7-18-10-4-3-9(8-10)13-12(16)6-5-11(15)14(13)17/h5-6,9-10,18H,2-4,7-8H2,1H3. The van der Waals surface area contributed by atoms with Gasteiger partial charge in [0.25, 0.3) is 0 Å². The molecule has 2 unspecified atom stereocenters. The molecule has 1 aliphatic rings. The third kappa shape index (κ3) is 2.91. The topological polar surface area (TPSA) is 12.0 Å². The number of rotatable bonds is 4. The van der Waals surface area contributed by atoms with Crippen molar-refractivity contribution in [2.75, 3.05) is 6.54 Å². The van der Waals surface area contributed by atoms with Crippen LogP contribution in [0.5, 0.6) is 0 Å². The summed E-state index contributed by atoms with van der Waals surface area (Å²) in [5.41, 5.74) is 0.255. The monoisotopic (exact) mass is 317 g/mol. The van der Waals surface area contributed by atoms with E-state index >= 15 is 0 Å². The SMILES string of the molecule is CCCNC1CCC(c2c(F)ccc(Br)c2F)C1. The summed E-state index contributed by atoms with van der Waals surface area (Å²) in [5.74, 6) is -0.857. The van der Waals surface area contributed by atoms with Crippen LogP contribution in [0.2, 0.25) is 0 Å². The first-order valence-corrected chi connectivity index (χ1v) is 7.29. The van der Waals surface area contributed by atoms with Gasteiger partial charge in [0.1, 0.15) is 11.6 Å². The van der Waals surface area contributed by atoms with E-state index in [0.29, 0.717) is 10.5 Å². The zero-order valence-electron chi connectivity index (χ0n) is 10.5. The summed E-state index contributed by atoms with van der Waals surface area (Å²) in [6.07, 6.45) is 3.76. The van der Waals surface area contributed by atoms with E-state index in [1.807, 2.05) is 0 Å². The van der Waals surface area contributed by atoms with E-state index in [1.165, 1.54) is 12.1 Å². The normalized spacial score (nSPS) is 23.6. The Morgan fingerprint density at radius 1 is 1.33 bits per heavy atom. The van der Waals surface area contributed by atoms with Crippen molar-refractivity contribution < 1.29 is 8.78 Å². The van der Waals surface area contributed by atoms with E-state index in [0.717, 1.165) is 32.2 Å². The third-order valence-electron chi connectivity index (χ3n) is 3.60. The largest absolute Gasteiger partial charge is 0.314 e. The predicted molar refractivity (Wildman–Crippen MR) is 72.7 cm³/mol. The van der Waals surface area contributed by atoms with Gasteiger partial charge in [-0.05, 0) is 66.2 Å². The van der Waals surface area contributed by atoms with Gasteiger partial charge in [-0.1, -0.05) is 6.92 Å². The molecule has 1 aromatic rings. The van der Waals surface area contributed by atoms with Gasteiger partial charge in [0.2, 0.25) is 0 Å². The summed E-state index contributed by atoms with van der Waals surface area (Å²) in [5, 5.41) is 3.43. The van der Waals surface area contributed by atoms with Crippen LogP contribution >= 0.6 is 15.9 Å². The lowest BCUT2D eigenvalue weighted by Crippen LogP contribution is -2.26. The highest BCUT2D eigenvalue weighted by Gasteiger charge is 2.30. The molecule has 1 nitrogen and oxygen atoms in total. The Labute approximate surface area is 115 Å². The fourth-order valence-corrected chi connectivity index (χ4v) is 3.04. The van der Waals surface area contributed by atoms with Crippen molar-refractivity contribution in [3.63, 3.8) is 0 Å². The highest BCUT2D eigenvalue weighted by molar-refractivity contribution is 9.10. The van der Waals surface area contributed by atoms with Crippen LogP contribution in [-0.4, -0.2) is 12.6 Å². The molecule has 0 aromatic heterocycles. The fraction of sp³-hybridized carbons (Fsp3) is 0.571. The van der Waals surface area contributed by atoms with E-state index in [1.54, 1.807) is 0 Å². The first kappa shape index (κ1) is 13.9. The Morgan fingerprint density at radius 2 is 2.11 bits per heavy atom. The van der Waals surface area contributed by atoms with Crippen LogP contribution in [-0.2, 0) is 0 Å². The molecule has 100 valence electrons. The number of nitrogens with one attached hydrogen (secondary N) is 1. The van der Waals surface area contributed by atoms with Gasteiger partial charge in [-0.2, -0.15) is 0 Å². The molecular weight excluding hydrogens is 300 g/mol. The van der Waals surface area contributed by atoms with Crippen LogP contribution in [0.25, 0.3) is 0 Å². The van der Waals surface area contributed by atoms with Gasteiger partial charge in [0, 0.05) is 11.6 Å². The summed E-state index contributed by atoms with van der Waals surface area (Å²) in [4.78, 5) is 0. The zero-order chi connectivity index (χ0) is 13.1. The molecule has 0 bridgehead atoms. The van der Waals surface area contributed by atoms with Crippen molar-refractivity contribution in [1.29, 1.82) is 0 Å². The second kappa shape index (κ2) is 6.11. The second-order valence-electron chi connectivity index (χ2n) is 4.92. The van der Waals surface area contributed by atoms with E-state index in [-0.39, 0.29) is 11.5 Å². The van der Waals surface area contributed by atoms with Gasteiger partial charge in [0.15, 0.2) is 0 Å². The summed E-state index contributed by atoms with van der Waals surface area (Å²) in [7, 11) is 0. The van der Waals surface area contributed by atoms with Gasteiger partial charge in [-0.15, -0.1) is 0 Å². The molecule has 0 saturated heterocycles. The van der Waals surface area contributed by atoms with E-state index in [9.17, 15) is 8.78 Å². The maximum atomic E-state index is 14.0. The molecule has 18 heavy (non-hydrogen) atoms. The number of benzene rings is 1. The summed E-state index contributed by atoms with van der Waals surface area (Å²) in [6.45, 7) is 3.09. The number of halogens is 3. The van der Waals surface area contributed by atoms with Gasteiger partial charge in [-0.25, -0.2) is 8.78 Å². The molecular formula is C14H18BrF2N. The van der Waals surface area contributed by atoms with E-state index in [2.05, 4.69) is 28.2 Å². The molecule has 0 radical (unpaired) electrons. The fourth-order valence-electron chi connectivity index (χ4n) is 2.69. The highest BCUT2D eigenvalue weighted by Crippen LogP contribution is 2.38. The molecule has 0 heterocycles. The summed E-state index contributed by atoms with van der Waals surface area (Å²) < 4.78 is 28.1. The number of hydrogen-bond acceptors (Lipinski definition) is 1. The lowest BCUT2D eigenvalue weighted by molar-refractivity contribution is 0.496. The molecule has 0 aliphatic heterocycles. The summed E-state index contributed by atoms with van der Waals surface area (Å²) in [6, 6.07) is 3.17. The Morgan fingerprint density at radius 3 is 2.83 bits per heavy atom. The lowest BCUT2D eigenvalue weighted by atomic mass is 9.96. The van der Waals surface area contributed by atoms with Crippen LogP contribution < -0.4 is 5.32 Å². The van der Waals surface area contributed by atoms with E-state index < -0.39 is 11.6 Å². The van der Waals surface area contributed by atoms with Crippen molar-refractivity contribution in [1.82, 2.24) is 5.32 Å². The Hall–Kier alpha value is -0.480. The average Bonchev–Trinajstić information content (AvgIpc) is 2.80. The van der Waals surface area contributed by atoms with Crippen LogP contribution in [0.3, 0.4) is 0 Å². The molecule has 1 N–H and O–H groups in total. The van der Waals surface area contributed by atoms with Crippen LogP contribution in [0.1, 0.15) is 44.1 Å². The Balaban J connectivity index is 2.12. The molecule has 1 aromatic carbocycles. The van der Waals surface area contributed by atoms with Crippen molar-refractivity contribution in [2.24, 2.45) is 0 Å². The Kier molecular flexibility index (Phi) is 4.73. The molecule has 2 rings (SSSR count). The first-order valence-electron chi connectivity index (χ1n) is 6.50. The predicted octanol–water partition coefficient (Wildman–Crippen LogP) is 4.36. The maximum Gasteiger partial charge on any atom is 0.143 e. The minimum absolute atomic E-state index is 0.00291. The van der Waals surface area contributed by atoms with Gasteiger partial charge >= 0.3 is 0 Å². The van der Waals surface area contributed by atoms with Crippen LogP contribution in [0.15, 0.2) is 16.6 Å². The zero-order valence-corrected chi connectivity index (χ0v) is 12.1. The molecule has 1 aliphatic carbocycles. The highest BCUT2D eigenvalue weighted by atomic mass is 79.9. The average molecular weight is 318 g/mol. The molecule has 0 spiro atoms. The smallest absolute Gasteiger partial charge is 0.143 e. The Bertz CT molecular complexity index is 423. The maximum absolute atomic E-state index is 14.0. The quantitative estimate of drug-likeness (QED) is 0.813. The van der Waals surface area contributed by atoms with Crippen molar-refractivity contribution in [3.05, 3.63) is 33.8 Å². The van der Waals surface area contributed by atoms with E-state index in [4.69, 9.17) is 0 Å². The van der Waals surface area contributed by atoms with Crippen LogP contribution in [0, 0.1) is 11.6 Å². The minimum Gasteiger partial charge on any atom is -0.314 e. The second-order valence-corrected chi connectivity index (χ2v) is 5.77. The van der Waals surface area contributed by atoms with Crippen LogP contribution in [0.4, 0.5) is 8.78 Å². The summed E-state index contributed by atoms with van der Waals surface area (Å²) >= 11 is 3.13. The first-order chi connectivity index (χ1) is 8.63. The molecule has 0 amide bonds. The molecule has 4 heteroatoms. The van der Waals surface area contributed by atoms with Crippen molar-refractivity contribution in [2.45, 2.75) is 44.6 Å². The van der Waals surface area contributed by atoms with Gasteiger partial charge < -0.3 is 5.32 Å².